The lowest BCUT2D eigenvalue weighted by Gasteiger charge is -2.61. The van der Waals surface area contributed by atoms with E-state index in [0.29, 0.717) is 16.9 Å². The summed E-state index contributed by atoms with van der Waals surface area (Å²) in [6.45, 7) is 7.83. The maximum atomic E-state index is 3.60. The first kappa shape index (κ1) is 19.2. The SMILES string of the molecule is CN[C@@H](C)[C@H]1CC[C@H]2[C@@H]3CC[C@H]4C[C@@H](N(C)C)CC[C@]4(C)[C@H]3CC[C@]12C. The molecule has 0 heterocycles. The number of nitrogens with zero attached hydrogens (tertiary/aromatic N) is 1. The lowest BCUT2D eigenvalue weighted by molar-refractivity contribution is -0.120. The van der Waals surface area contributed by atoms with Crippen LogP contribution < -0.4 is 5.32 Å². The molecule has 150 valence electrons. The number of rotatable bonds is 3. The third-order valence-electron chi connectivity index (χ3n) is 10.5. The third kappa shape index (κ3) is 2.72. The minimum absolute atomic E-state index is 0.605. The summed E-state index contributed by atoms with van der Waals surface area (Å²) in [5.41, 5.74) is 1.25. The highest BCUT2D eigenvalue weighted by Crippen LogP contribution is 2.67. The predicted molar refractivity (Wildman–Crippen MR) is 111 cm³/mol. The van der Waals surface area contributed by atoms with Crippen LogP contribution in [0.3, 0.4) is 0 Å². The van der Waals surface area contributed by atoms with E-state index in [9.17, 15) is 0 Å². The Hall–Kier alpha value is -0.0800. The standard InChI is InChI=1S/C24H44N2/c1-16(25-4)20-9-10-21-19-8-7-17-15-18(26(5)6)11-13-23(17,2)22(19)12-14-24(20,21)3/h16-22,25H,7-15H2,1-6H3/t16-,17-,18-,19-,20+,21-,22-,23-,24+/m0/s1. The summed E-state index contributed by atoms with van der Waals surface area (Å²) in [4.78, 5) is 2.50. The Bertz CT molecular complexity index is 516. The monoisotopic (exact) mass is 360 g/mol. The molecule has 2 nitrogen and oxygen atoms in total. The van der Waals surface area contributed by atoms with Gasteiger partial charge < -0.3 is 10.2 Å². The first-order valence-corrected chi connectivity index (χ1v) is 11.6. The molecule has 4 saturated carbocycles. The van der Waals surface area contributed by atoms with Gasteiger partial charge in [0.2, 0.25) is 0 Å². The van der Waals surface area contributed by atoms with E-state index in [4.69, 9.17) is 0 Å². The summed E-state index contributed by atoms with van der Waals surface area (Å²) < 4.78 is 0. The van der Waals surface area contributed by atoms with E-state index in [1.54, 1.807) is 0 Å². The minimum Gasteiger partial charge on any atom is -0.317 e. The van der Waals surface area contributed by atoms with Crippen LogP contribution in [0.15, 0.2) is 0 Å². The Balaban J connectivity index is 1.55. The van der Waals surface area contributed by atoms with Crippen molar-refractivity contribution in [3.05, 3.63) is 0 Å². The van der Waals surface area contributed by atoms with Crippen molar-refractivity contribution in [2.75, 3.05) is 21.1 Å². The molecular formula is C24H44N2. The molecule has 4 aliphatic carbocycles. The maximum absolute atomic E-state index is 3.60. The van der Waals surface area contributed by atoms with E-state index in [0.717, 1.165) is 35.6 Å². The van der Waals surface area contributed by atoms with Crippen molar-refractivity contribution in [2.24, 2.45) is 40.4 Å². The second-order valence-corrected chi connectivity index (χ2v) is 11.4. The molecule has 0 spiro atoms. The van der Waals surface area contributed by atoms with E-state index in [1.165, 1.54) is 57.8 Å². The van der Waals surface area contributed by atoms with E-state index in [1.807, 2.05) is 0 Å². The van der Waals surface area contributed by atoms with Gasteiger partial charge in [-0.3, -0.25) is 0 Å². The van der Waals surface area contributed by atoms with Crippen molar-refractivity contribution in [1.82, 2.24) is 10.2 Å². The molecule has 0 radical (unpaired) electrons. The molecule has 0 aliphatic heterocycles. The summed E-state index contributed by atoms with van der Waals surface area (Å²) in [7, 11) is 6.77. The van der Waals surface area contributed by atoms with Gasteiger partial charge in [-0.25, -0.2) is 0 Å². The summed E-state index contributed by atoms with van der Waals surface area (Å²) in [5, 5.41) is 3.60. The smallest absolute Gasteiger partial charge is 0.00922 e. The van der Waals surface area contributed by atoms with Crippen molar-refractivity contribution in [3.63, 3.8) is 0 Å². The van der Waals surface area contributed by atoms with Gasteiger partial charge in [-0.1, -0.05) is 13.8 Å². The molecule has 9 atom stereocenters. The largest absolute Gasteiger partial charge is 0.317 e. The Morgan fingerprint density at radius 2 is 1.58 bits per heavy atom. The average Bonchev–Trinajstić information content (AvgIpc) is 2.97. The van der Waals surface area contributed by atoms with Gasteiger partial charge in [0.1, 0.15) is 0 Å². The van der Waals surface area contributed by atoms with Gasteiger partial charge in [0.25, 0.3) is 0 Å². The van der Waals surface area contributed by atoms with E-state index in [-0.39, 0.29) is 0 Å². The average molecular weight is 361 g/mol. The van der Waals surface area contributed by atoms with Gasteiger partial charge in [0.05, 0.1) is 0 Å². The van der Waals surface area contributed by atoms with Crippen LogP contribution in [0.1, 0.15) is 78.6 Å². The van der Waals surface area contributed by atoms with E-state index < -0.39 is 0 Å². The fourth-order valence-electron chi connectivity index (χ4n) is 8.77. The first-order valence-electron chi connectivity index (χ1n) is 11.6. The molecule has 4 fully saturated rings. The number of fused-ring (bicyclic) bond motifs is 5. The lowest BCUT2D eigenvalue weighted by atomic mass is 9.44. The van der Waals surface area contributed by atoms with Gasteiger partial charge >= 0.3 is 0 Å². The lowest BCUT2D eigenvalue weighted by Crippen LogP contribution is -2.55. The van der Waals surface area contributed by atoms with E-state index in [2.05, 4.69) is 52.1 Å². The van der Waals surface area contributed by atoms with Crippen molar-refractivity contribution in [2.45, 2.75) is 90.6 Å². The Morgan fingerprint density at radius 1 is 0.885 bits per heavy atom. The highest BCUT2D eigenvalue weighted by Gasteiger charge is 2.60. The Labute approximate surface area is 162 Å². The second-order valence-electron chi connectivity index (χ2n) is 11.4. The molecule has 2 heteroatoms. The van der Waals surface area contributed by atoms with Crippen molar-refractivity contribution in [3.8, 4) is 0 Å². The minimum atomic E-state index is 0.605. The van der Waals surface area contributed by atoms with Gasteiger partial charge in [-0.2, -0.15) is 0 Å². The molecule has 4 aliphatic rings. The third-order valence-corrected chi connectivity index (χ3v) is 10.5. The van der Waals surface area contributed by atoms with Crippen LogP contribution in [0.25, 0.3) is 0 Å². The number of hydrogen-bond acceptors (Lipinski definition) is 2. The van der Waals surface area contributed by atoms with Crippen molar-refractivity contribution < 1.29 is 0 Å². The fourth-order valence-corrected chi connectivity index (χ4v) is 8.77. The van der Waals surface area contributed by atoms with Crippen LogP contribution in [-0.2, 0) is 0 Å². The number of hydrogen-bond donors (Lipinski definition) is 1. The van der Waals surface area contributed by atoms with Crippen LogP contribution >= 0.6 is 0 Å². The Morgan fingerprint density at radius 3 is 2.27 bits per heavy atom. The number of nitrogens with one attached hydrogen (secondary N) is 1. The molecule has 0 bridgehead atoms. The normalized spacial score (nSPS) is 52.3. The predicted octanol–water partition coefficient (Wildman–Crippen LogP) is 5.18. The summed E-state index contributed by atoms with van der Waals surface area (Å²) in [5.74, 6) is 4.94. The van der Waals surface area contributed by atoms with Crippen LogP contribution in [-0.4, -0.2) is 38.1 Å². The molecule has 0 aromatic carbocycles. The van der Waals surface area contributed by atoms with Gasteiger partial charge in [0, 0.05) is 12.1 Å². The summed E-state index contributed by atoms with van der Waals surface area (Å²) in [6.07, 6.45) is 13.4. The quantitative estimate of drug-likeness (QED) is 0.745. The topological polar surface area (TPSA) is 15.3 Å². The van der Waals surface area contributed by atoms with Crippen LogP contribution in [0, 0.1) is 40.4 Å². The molecule has 0 aromatic rings. The molecule has 0 unspecified atom stereocenters. The summed E-state index contributed by atoms with van der Waals surface area (Å²) >= 11 is 0. The molecular weight excluding hydrogens is 316 g/mol. The molecule has 0 saturated heterocycles. The van der Waals surface area contributed by atoms with Crippen LogP contribution in [0.4, 0.5) is 0 Å². The zero-order valence-corrected chi connectivity index (χ0v) is 18.4. The van der Waals surface area contributed by atoms with Crippen molar-refractivity contribution >= 4 is 0 Å². The second kappa shape index (κ2) is 6.76. The Kier molecular flexibility index (Phi) is 5.01. The highest BCUT2D eigenvalue weighted by molar-refractivity contribution is 5.10. The molecule has 4 rings (SSSR count). The fraction of sp³-hybridized carbons (Fsp3) is 1.00. The zero-order valence-electron chi connectivity index (χ0n) is 18.4. The molecule has 26 heavy (non-hydrogen) atoms. The molecule has 0 amide bonds. The highest BCUT2D eigenvalue weighted by atomic mass is 15.1. The maximum Gasteiger partial charge on any atom is 0.00922 e. The molecule has 0 aromatic heterocycles. The van der Waals surface area contributed by atoms with Gasteiger partial charge in [-0.05, 0) is 126 Å². The van der Waals surface area contributed by atoms with Gasteiger partial charge in [-0.15, -0.1) is 0 Å². The first-order chi connectivity index (χ1) is 12.3. The van der Waals surface area contributed by atoms with Crippen LogP contribution in [0.5, 0.6) is 0 Å². The van der Waals surface area contributed by atoms with Crippen LogP contribution in [0.2, 0.25) is 0 Å². The molecule has 1 N–H and O–H groups in total. The zero-order chi connectivity index (χ0) is 18.7. The van der Waals surface area contributed by atoms with Gasteiger partial charge in [0.15, 0.2) is 0 Å². The van der Waals surface area contributed by atoms with E-state index >= 15 is 0 Å². The summed E-state index contributed by atoms with van der Waals surface area (Å²) in [6, 6.07) is 1.52. The van der Waals surface area contributed by atoms with Crippen molar-refractivity contribution in [1.29, 1.82) is 0 Å².